The lowest BCUT2D eigenvalue weighted by molar-refractivity contribution is -0.132. The Morgan fingerprint density at radius 1 is 1.03 bits per heavy atom. The molecule has 0 bridgehead atoms. The highest BCUT2D eigenvalue weighted by Crippen LogP contribution is 2.47. The number of likely N-dealkylation sites (N-methyl/N-ethyl adjacent to an activating group) is 1. The number of aryl methyl sites for hydroxylation is 1. The van der Waals surface area contributed by atoms with Gasteiger partial charge in [-0.2, -0.15) is 17.0 Å². The van der Waals surface area contributed by atoms with E-state index >= 15 is 0 Å². The standard InChI is InChI=1S/C20H32N4O4S/c1-16-15-18(16)19-5-3-17(28-19)4-6-20(25)22-9-13-24(14-10-22)29(26,27)23-11-7-21(2)8-12-23/h3,5,16,18H,4,6-15H2,1-2H3. The van der Waals surface area contributed by atoms with Gasteiger partial charge in [-0.1, -0.05) is 6.92 Å². The van der Waals surface area contributed by atoms with Crippen LogP contribution in [0.25, 0.3) is 0 Å². The monoisotopic (exact) mass is 424 g/mol. The summed E-state index contributed by atoms with van der Waals surface area (Å²) in [6.07, 6.45) is 2.19. The van der Waals surface area contributed by atoms with Gasteiger partial charge in [0.15, 0.2) is 0 Å². The summed E-state index contributed by atoms with van der Waals surface area (Å²) in [7, 11) is -1.43. The highest BCUT2D eigenvalue weighted by Gasteiger charge is 2.37. The largest absolute Gasteiger partial charge is 0.466 e. The Labute approximate surface area is 173 Å². The minimum atomic E-state index is -3.43. The molecule has 2 aliphatic heterocycles. The molecule has 0 aromatic carbocycles. The molecule has 29 heavy (non-hydrogen) atoms. The zero-order valence-corrected chi connectivity index (χ0v) is 18.2. The van der Waals surface area contributed by atoms with E-state index in [1.807, 2.05) is 19.2 Å². The third-order valence-electron chi connectivity index (χ3n) is 6.45. The second-order valence-electron chi connectivity index (χ2n) is 8.61. The Bertz CT molecular complexity index is 823. The average Bonchev–Trinajstić information content (AvgIpc) is 3.26. The van der Waals surface area contributed by atoms with Crippen molar-refractivity contribution in [2.45, 2.75) is 32.1 Å². The molecule has 2 saturated heterocycles. The van der Waals surface area contributed by atoms with Gasteiger partial charge in [0, 0.05) is 71.1 Å². The van der Waals surface area contributed by atoms with Gasteiger partial charge >= 0.3 is 0 Å². The van der Waals surface area contributed by atoms with E-state index in [4.69, 9.17) is 4.42 Å². The summed E-state index contributed by atoms with van der Waals surface area (Å²) in [4.78, 5) is 16.5. The van der Waals surface area contributed by atoms with Crippen LogP contribution in [0.15, 0.2) is 16.5 Å². The van der Waals surface area contributed by atoms with Gasteiger partial charge < -0.3 is 14.2 Å². The van der Waals surface area contributed by atoms with Crippen molar-refractivity contribution in [2.24, 2.45) is 5.92 Å². The fourth-order valence-corrected chi connectivity index (χ4v) is 5.76. The van der Waals surface area contributed by atoms with Gasteiger partial charge in [-0.05, 0) is 31.5 Å². The number of carbonyl (C=O) groups is 1. The molecule has 0 spiro atoms. The lowest BCUT2D eigenvalue weighted by Crippen LogP contribution is -2.57. The number of nitrogens with zero attached hydrogens (tertiary/aromatic N) is 4. The van der Waals surface area contributed by atoms with Crippen molar-refractivity contribution >= 4 is 16.1 Å². The van der Waals surface area contributed by atoms with Gasteiger partial charge in [0.2, 0.25) is 5.91 Å². The van der Waals surface area contributed by atoms with Crippen molar-refractivity contribution in [3.05, 3.63) is 23.7 Å². The van der Waals surface area contributed by atoms with Crippen molar-refractivity contribution in [1.82, 2.24) is 18.4 Å². The molecule has 3 aliphatic rings. The van der Waals surface area contributed by atoms with E-state index in [1.165, 1.54) is 10.7 Å². The average molecular weight is 425 g/mol. The first kappa shape index (κ1) is 20.8. The summed E-state index contributed by atoms with van der Waals surface area (Å²) in [5.41, 5.74) is 0. The van der Waals surface area contributed by atoms with Gasteiger partial charge in [0.25, 0.3) is 10.2 Å². The molecule has 3 fully saturated rings. The molecule has 2 unspecified atom stereocenters. The summed E-state index contributed by atoms with van der Waals surface area (Å²) >= 11 is 0. The third kappa shape index (κ3) is 4.68. The molecule has 1 aromatic heterocycles. The number of piperazine rings is 2. The zero-order chi connectivity index (χ0) is 20.6. The Hall–Kier alpha value is -1.42. The van der Waals surface area contributed by atoms with Crippen LogP contribution >= 0.6 is 0 Å². The van der Waals surface area contributed by atoms with Crippen LogP contribution in [-0.4, -0.2) is 92.1 Å². The van der Waals surface area contributed by atoms with Crippen LogP contribution in [0.3, 0.4) is 0 Å². The van der Waals surface area contributed by atoms with Crippen LogP contribution in [-0.2, 0) is 21.4 Å². The maximum atomic E-state index is 12.8. The first-order valence-corrected chi connectivity index (χ1v) is 12.0. The van der Waals surface area contributed by atoms with Crippen molar-refractivity contribution < 1.29 is 17.6 Å². The van der Waals surface area contributed by atoms with Crippen LogP contribution in [0.4, 0.5) is 0 Å². The Kier molecular flexibility index (Phi) is 6.02. The molecule has 1 saturated carbocycles. The molecular weight excluding hydrogens is 392 g/mol. The molecule has 3 heterocycles. The Morgan fingerprint density at radius 3 is 2.21 bits per heavy atom. The number of carbonyl (C=O) groups excluding carboxylic acids is 1. The molecule has 9 heteroatoms. The van der Waals surface area contributed by atoms with Crippen LogP contribution < -0.4 is 0 Å². The summed E-state index contributed by atoms with van der Waals surface area (Å²) in [5, 5.41) is 0. The predicted molar refractivity (Wildman–Crippen MR) is 110 cm³/mol. The molecule has 0 N–H and O–H groups in total. The summed E-state index contributed by atoms with van der Waals surface area (Å²) in [5.74, 6) is 3.23. The van der Waals surface area contributed by atoms with Gasteiger partial charge in [-0.25, -0.2) is 0 Å². The summed E-state index contributed by atoms with van der Waals surface area (Å²) in [6.45, 7) is 6.43. The molecule has 1 aliphatic carbocycles. The number of hydrogen-bond acceptors (Lipinski definition) is 5. The fraction of sp³-hybridized carbons (Fsp3) is 0.750. The molecule has 8 nitrogen and oxygen atoms in total. The van der Waals surface area contributed by atoms with E-state index < -0.39 is 10.2 Å². The van der Waals surface area contributed by atoms with Gasteiger partial charge in [-0.3, -0.25) is 4.79 Å². The summed E-state index contributed by atoms with van der Waals surface area (Å²) in [6, 6.07) is 4.02. The quantitative estimate of drug-likeness (QED) is 0.680. The van der Waals surface area contributed by atoms with Gasteiger partial charge in [0.1, 0.15) is 11.5 Å². The second-order valence-corrected chi connectivity index (χ2v) is 10.5. The lowest BCUT2D eigenvalue weighted by Gasteiger charge is -2.39. The van der Waals surface area contributed by atoms with Crippen LogP contribution in [0.2, 0.25) is 0 Å². The van der Waals surface area contributed by atoms with Gasteiger partial charge in [-0.15, -0.1) is 0 Å². The van der Waals surface area contributed by atoms with Crippen molar-refractivity contribution in [1.29, 1.82) is 0 Å². The molecule has 4 rings (SSSR count). The second kappa shape index (κ2) is 8.37. The SMILES string of the molecule is CC1CC1c1ccc(CCC(=O)N2CCN(S(=O)(=O)N3CCN(C)CC3)CC2)o1. The van der Waals surface area contributed by atoms with Crippen molar-refractivity contribution in [2.75, 3.05) is 59.4 Å². The van der Waals surface area contributed by atoms with E-state index in [-0.39, 0.29) is 5.91 Å². The number of amides is 1. The minimum Gasteiger partial charge on any atom is -0.466 e. The first-order valence-electron chi connectivity index (χ1n) is 10.6. The number of rotatable bonds is 6. The van der Waals surface area contributed by atoms with Crippen LogP contribution in [0.5, 0.6) is 0 Å². The maximum absolute atomic E-state index is 12.8. The molecule has 1 amide bonds. The summed E-state index contributed by atoms with van der Waals surface area (Å²) < 4.78 is 34.7. The normalized spacial score (nSPS) is 27.3. The molecule has 0 radical (unpaired) electrons. The molecular formula is C20H32N4O4S. The maximum Gasteiger partial charge on any atom is 0.282 e. The Morgan fingerprint density at radius 2 is 1.62 bits per heavy atom. The topological polar surface area (TPSA) is 77.3 Å². The van der Waals surface area contributed by atoms with E-state index in [2.05, 4.69) is 11.8 Å². The van der Waals surface area contributed by atoms with Gasteiger partial charge in [0.05, 0.1) is 0 Å². The van der Waals surface area contributed by atoms with E-state index in [0.717, 1.165) is 24.6 Å². The minimum absolute atomic E-state index is 0.0689. The van der Waals surface area contributed by atoms with Crippen LogP contribution in [0.1, 0.15) is 37.2 Å². The first-order chi connectivity index (χ1) is 13.8. The zero-order valence-electron chi connectivity index (χ0n) is 17.4. The highest BCUT2D eigenvalue weighted by molar-refractivity contribution is 7.86. The number of hydrogen-bond donors (Lipinski definition) is 0. The lowest BCUT2D eigenvalue weighted by atomic mass is 10.2. The van der Waals surface area contributed by atoms with E-state index in [9.17, 15) is 13.2 Å². The van der Waals surface area contributed by atoms with Crippen molar-refractivity contribution in [3.8, 4) is 0 Å². The smallest absolute Gasteiger partial charge is 0.282 e. The van der Waals surface area contributed by atoms with E-state index in [0.29, 0.717) is 63.9 Å². The van der Waals surface area contributed by atoms with Crippen LogP contribution in [0, 0.1) is 5.92 Å². The molecule has 162 valence electrons. The fourth-order valence-electron chi connectivity index (χ4n) is 4.19. The predicted octanol–water partition coefficient (Wildman–Crippen LogP) is 0.972. The third-order valence-corrected chi connectivity index (χ3v) is 8.48. The molecule has 1 aromatic rings. The number of furan rings is 1. The highest BCUT2D eigenvalue weighted by atomic mass is 32.2. The Balaban J connectivity index is 1.23. The van der Waals surface area contributed by atoms with E-state index in [1.54, 1.807) is 9.21 Å². The molecule has 2 atom stereocenters. The van der Waals surface area contributed by atoms with Crippen molar-refractivity contribution in [3.63, 3.8) is 0 Å².